The Hall–Kier alpha value is -1.38. The van der Waals surface area contributed by atoms with E-state index >= 15 is 0 Å². The first-order valence-electron chi connectivity index (χ1n) is 39.5. The third-order valence-corrected chi connectivity index (χ3v) is 49.7. The summed E-state index contributed by atoms with van der Waals surface area (Å²) in [5.74, 6) is -0.590. The van der Waals surface area contributed by atoms with Gasteiger partial charge in [-0.05, 0) is 122 Å². The predicted molar refractivity (Wildman–Crippen MR) is 387 cm³/mol. The molecule has 20 saturated heterocycles. The summed E-state index contributed by atoms with van der Waals surface area (Å²) >= 11 is 0. The summed E-state index contributed by atoms with van der Waals surface area (Å²) in [5.41, 5.74) is -6.78. The van der Waals surface area contributed by atoms with E-state index < -0.39 is 192 Å². The smallest absolute Gasteiger partial charge is 0.370 e. The maximum Gasteiger partial charge on any atom is 0.411 e. The standard InChI is InChI=1S/C14H21F3O3S.C9H11F3O3S.C9H14O4S.4C8H12O4S.C7H10O4S/c1-8-10(4)7-13(14(15,16)17)11(8,5)12(6,9(10,2)3)20-21(13,18)19;1-4-5-2-6-7(4)15-16(13,14)8(6,3-5)9(10,11)12;1-5-7-9(3)6(14(10,11)12-7)4-8(5,2)13-9;1-8(2)5-3-4-6(11-5)7(8)12-13(4,9)10;1-4-6-7-5(13(9,10)12-6)3-8(4,2)11-7;1-4-5-3-6-7(11-5)8(4,2)12-13(6,9)10;1-4-5-3-6-8(2,11-5)7(4)12-13(6,9)10;1-3-4-2-5-7(10-4)6(3)11-12(5,8)9/h8H,7H2,1-6H3;4-7H,2-3H2,1H3;5-7H,4H2,1-3H3;4*4-7H,3H2,1-2H3;3-7H,2H2,1H3. The van der Waals surface area contributed by atoms with E-state index in [1.165, 1.54) is 6.92 Å². The zero-order valence-corrected chi connectivity index (χ0v) is 73.4. The average Bonchev–Trinajstić information content (AvgIpc) is 1.42. The Morgan fingerprint density at radius 2 is 0.957 bits per heavy atom. The Balaban J connectivity index is 0.0000000953. The van der Waals surface area contributed by atoms with Gasteiger partial charge in [0.05, 0.1) is 47.3 Å². The monoisotopic (exact) mass is 1810 g/mol. The predicted octanol–water partition coefficient (Wildman–Crippen LogP) is 6.88. The Labute approximate surface area is 668 Å². The van der Waals surface area contributed by atoms with E-state index in [4.69, 9.17) is 61.9 Å². The van der Waals surface area contributed by atoms with Crippen LogP contribution in [-0.4, -0.2) is 240 Å². The molecule has 4 saturated carbocycles. The lowest BCUT2D eigenvalue weighted by atomic mass is 9.53. The van der Waals surface area contributed by atoms with Gasteiger partial charge in [-0.1, -0.05) is 90.0 Å². The van der Waals surface area contributed by atoms with Crippen LogP contribution in [0.5, 0.6) is 0 Å². The third kappa shape index (κ3) is 10.4. The highest BCUT2D eigenvalue weighted by molar-refractivity contribution is 7.90. The lowest BCUT2D eigenvalue weighted by Crippen LogP contribution is -2.64. The van der Waals surface area contributed by atoms with Crippen LogP contribution in [0.1, 0.15) is 189 Å². The summed E-state index contributed by atoms with van der Waals surface area (Å²) in [5, 5.41) is -2.45. The van der Waals surface area contributed by atoms with Crippen molar-refractivity contribution in [1.29, 1.82) is 0 Å². The van der Waals surface area contributed by atoms with Gasteiger partial charge in [0.15, 0.2) is 4.75 Å². The number of rotatable bonds is 0. The van der Waals surface area contributed by atoms with Crippen molar-refractivity contribution in [3.63, 3.8) is 0 Å². The Morgan fingerprint density at radius 3 is 1.46 bits per heavy atom. The van der Waals surface area contributed by atoms with Gasteiger partial charge in [0.25, 0.3) is 80.9 Å². The molecule has 20 aliphatic heterocycles. The summed E-state index contributed by atoms with van der Waals surface area (Å²) in [4.78, 5) is 0. The van der Waals surface area contributed by atoms with Gasteiger partial charge in [-0.2, -0.15) is 93.7 Å². The molecule has 39 unspecified atom stereocenters. The van der Waals surface area contributed by atoms with E-state index in [2.05, 4.69) is 0 Å². The Kier molecular flexibility index (Phi) is 18.1. The SMILES string of the molecule is CC1(C)C2CC3C(O2)C1OS3(=O)=O.CC1C2(C)CC3(C(F)(F)F)C1(C)C(C)(OS3(=O)=O)C2(C)C.CC1C2CC3C(C)(O2)C1OS3(=O)=O.CC1C2CC3C(O2)C1(C)OS3(=O)=O.CC1C2CC3C(O2)C1OS3(=O)=O.CC1C2CC3C1OS(=O)(=O)C3(C(F)(F)F)C2.CC1C2OS(=O)(=O)C3CC1(C)OC23.CC1C2OS(=O)(=O)C3CC1(C)OC23C. The van der Waals surface area contributed by atoms with E-state index in [0.29, 0.717) is 44.9 Å². The van der Waals surface area contributed by atoms with Crippen LogP contribution in [-0.2, 0) is 143 Å². The van der Waals surface area contributed by atoms with Crippen LogP contribution in [0.3, 0.4) is 0 Å². The molecular weight excluding hydrogens is 1700 g/mol. The van der Waals surface area contributed by atoms with Gasteiger partial charge in [0.1, 0.15) is 103 Å². The van der Waals surface area contributed by atoms with Crippen molar-refractivity contribution in [3.05, 3.63) is 0 Å². The number of hydrogen-bond donors (Lipinski definition) is 0. The fraction of sp³-hybridized carbons (Fsp3) is 1.00. The lowest BCUT2D eigenvalue weighted by molar-refractivity contribution is -0.214. The fourth-order valence-electron chi connectivity index (χ4n) is 26.8. The molecule has 24 rings (SSSR count). The molecule has 24 fully saturated rings. The van der Waals surface area contributed by atoms with Crippen molar-refractivity contribution in [2.24, 2.45) is 74.9 Å². The maximum atomic E-state index is 13.9. The first-order chi connectivity index (χ1) is 51.9. The molecular formula is C71H104F6O30S8. The number of halogens is 6. The molecule has 0 aromatic rings. The minimum Gasteiger partial charge on any atom is -0.370 e. The number of fused-ring (bicyclic) bond motifs is 8. The highest BCUT2D eigenvalue weighted by Crippen LogP contribution is 2.87. The molecule has 24 aliphatic rings. The maximum absolute atomic E-state index is 13.9. The van der Waals surface area contributed by atoms with Crippen LogP contribution in [0.25, 0.3) is 0 Å². The van der Waals surface area contributed by atoms with Gasteiger partial charge >= 0.3 is 12.4 Å². The summed E-state index contributed by atoms with van der Waals surface area (Å²) < 4.78 is 336. The van der Waals surface area contributed by atoms with E-state index in [9.17, 15) is 93.7 Å². The fourth-order valence-corrected chi connectivity index (χ4v) is 42.7. The van der Waals surface area contributed by atoms with Crippen LogP contribution in [0.2, 0.25) is 0 Å². The van der Waals surface area contributed by atoms with Crippen molar-refractivity contribution in [3.8, 4) is 0 Å². The van der Waals surface area contributed by atoms with Crippen molar-refractivity contribution < 1.29 is 156 Å². The van der Waals surface area contributed by atoms with Crippen LogP contribution in [0.15, 0.2) is 0 Å². The molecule has 39 atom stereocenters. The van der Waals surface area contributed by atoms with Gasteiger partial charge in [-0.15, -0.1) is 0 Å². The zero-order chi connectivity index (χ0) is 85.0. The molecule has 0 radical (unpaired) electrons. The number of ether oxygens (including phenoxy) is 6. The minimum absolute atomic E-state index is 0.0600. The van der Waals surface area contributed by atoms with Crippen molar-refractivity contribution >= 4 is 80.9 Å². The Morgan fingerprint density at radius 1 is 0.383 bits per heavy atom. The van der Waals surface area contributed by atoms with Gasteiger partial charge in [-0.3, -0.25) is 33.5 Å². The van der Waals surface area contributed by atoms with Crippen LogP contribution in [0.4, 0.5) is 26.3 Å². The van der Waals surface area contributed by atoms with Crippen molar-refractivity contribution in [2.45, 2.75) is 362 Å². The molecule has 0 aromatic carbocycles. The van der Waals surface area contributed by atoms with Crippen LogP contribution < -0.4 is 0 Å². The molecule has 44 heteroatoms. The Bertz CT molecular complexity index is 5110. The quantitative estimate of drug-likeness (QED) is 0.176. The number of hydrogen-bond acceptors (Lipinski definition) is 30. The second-order valence-corrected chi connectivity index (χ2v) is 54.3. The summed E-state index contributed by atoms with van der Waals surface area (Å²) in [6.07, 6.45) is -8.79. The third-order valence-electron chi connectivity index (χ3n) is 35.0. The molecule has 115 heavy (non-hydrogen) atoms. The first-order valence-corrected chi connectivity index (χ1v) is 51.2. The van der Waals surface area contributed by atoms with E-state index in [-0.39, 0.29) is 149 Å². The molecule has 16 bridgehead atoms. The molecule has 30 nitrogen and oxygen atoms in total. The largest absolute Gasteiger partial charge is 0.411 e. The average molecular weight is 1810 g/mol. The van der Waals surface area contributed by atoms with Gasteiger partial charge in [0, 0.05) is 51.8 Å². The minimum atomic E-state index is -4.85. The summed E-state index contributed by atoms with van der Waals surface area (Å²) in [6.45, 7) is 35.5. The van der Waals surface area contributed by atoms with Gasteiger partial charge < -0.3 is 28.4 Å². The number of alkyl halides is 6. The molecule has 0 aromatic heterocycles. The van der Waals surface area contributed by atoms with Crippen LogP contribution in [0, 0.1) is 74.9 Å². The molecule has 658 valence electrons. The summed E-state index contributed by atoms with van der Waals surface area (Å²) in [7, 11) is -29.3. The van der Waals surface area contributed by atoms with E-state index in [1.54, 1.807) is 27.7 Å². The van der Waals surface area contributed by atoms with E-state index in [0.717, 1.165) is 0 Å². The molecule has 4 aliphatic carbocycles. The first kappa shape index (κ1) is 85.8. The highest BCUT2D eigenvalue weighted by Gasteiger charge is 2.97. The highest BCUT2D eigenvalue weighted by atomic mass is 32.3. The zero-order valence-electron chi connectivity index (χ0n) is 66.9. The normalized spacial score (nSPS) is 58.8. The molecule has 0 spiro atoms. The van der Waals surface area contributed by atoms with Gasteiger partial charge in [-0.25, -0.2) is 0 Å². The van der Waals surface area contributed by atoms with Gasteiger partial charge in [0.2, 0.25) is 4.75 Å². The topological polar surface area (TPSA) is 402 Å². The molecule has 20 heterocycles. The van der Waals surface area contributed by atoms with Crippen LogP contribution >= 0.6 is 0 Å². The van der Waals surface area contributed by atoms with Crippen molar-refractivity contribution in [2.75, 3.05) is 0 Å². The second-order valence-electron chi connectivity index (χ2n) is 40.0. The molecule has 0 amide bonds. The lowest BCUT2D eigenvalue weighted by Gasteiger charge is -2.52. The van der Waals surface area contributed by atoms with Crippen molar-refractivity contribution in [1.82, 2.24) is 0 Å². The molecule has 0 N–H and O–H groups in total. The summed E-state index contributed by atoms with van der Waals surface area (Å²) in [6, 6.07) is 0. The van der Waals surface area contributed by atoms with E-state index in [1.807, 2.05) is 96.9 Å². The second kappa shape index (κ2) is 24.2.